The Balaban J connectivity index is 2.30. The second-order valence-corrected chi connectivity index (χ2v) is 4.98. The van der Waals surface area contributed by atoms with Gasteiger partial charge in [0.05, 0.1) is 0 Å². The van der Waals surface area contributed by atoms with Crippen molar-refractivity contribution in [3.05, 3.63) is 40.9 Å². The van der Waals surface area contributed by atoms with Crippen molar-refractivity contribution in [3.63, 3.8) is 0 Å². The number of rotatable bonds is 7. The van der Waals surface area contributed by atoms with Crippen molar-refractivity contribution in [1.82, 2.24) is 5.32 Å². The van der Waals surface area contributed by atoms with E-state index in [1.165, 1.54) is 6.08 Å². The molecule has 104 valence electrons. The molecule has 0 aliphatic rings. The third-order valence-electron chi connectivity index (χ3n) is 2.80. The van der Waals surface area contributed by atoms with Gasteiger partial charge in [0.2, 0.25) is 5.91 Å². The summed E-state index contributed by atoms with van der Waals surface area (Å²) in [6.45, 7) is 2.80. The molecule has 0 radical (unpaired) electrons. The quantitative estimate of drug-likeness (QED) is 0.596. The molecule has 0 heterocycles. The Morgan fingerprint density at radius 2 is 2.21 bits per heavy atom. The van der Waals surface area contributed by atoms with E-state index in [2.05, 4.69) is 5.32 Å². The molecule has 0 spiro atoms. The fraction of sp³-hybridized carbons (Fsp3) is 0.400. The molecule has 1 unspecified atom stereocenters. The van der Waals surface area contributed by atoms with E-state index in [-0.39, 0.29) is 18.4 Å². The highest BCUT2D eigenvalue weighted by Gasteiger charge is 2.00. The lowest BCUT2D eigenvalue weighted by atomic mass is 10.1. The van der Waals surface area contributed by atoms with Crippen LogP contribution < -0.4 is 5.32 Å². The Morgan fingerprint density at radius 3 is 2.89 bits per heavy atom. The van der Waals surface area contributed by atoms with E-state index >= 15 is 0 Å². The summed E-state index contributed by atoms with van der Waals surface area (Å²) in [4.78, 5) is 11.6. The van der Waals surface area contributed by atoms with E-state index in [1.54, 1.807) is 12.1 Å². The highest BCUT2D eigenvalue weighted by atomic mass is 35.5. The molecule has 0 aliphatic heterocycles. The summed E-state index contributed by atoms with van der Waals surface area (Å²) < 4.78 is 0. The number of hydrogen-bond acceptors (Lipinski definition) is 2. The van der Waals surface area contributed by atoms with Crippen molar-refractivity contribution in [1.29, 1.82) is 0 Å². The van der Waals surface area contributed by atoms with Gasteiger partial charge in [0.1, 0.15) is 0 Å². The van der Waals surface area contributed by atoms with Crippen LogP contribution in [0.4, 0.5) is 0 Å². The van der Waals surface area contributed by atoms with E-state index in [0.29, 0.717) is 11.6 Å². The van der Waals surface area contributed by atoms with Crippen molar-refractivity contribution in [2.24, 2.45) is 5.92 Å². The smallest absolute Gasteiger partial charge is 0.243 e. The van der Waals surface area contributed by atoms with E-state index in [1.807, 2.05) is 25.1 Å². The van der Waals surface area contributed by atoms with Crippen LogP contribution in [0.2, 0.25) is 5.02 Å². The molecule has 3 nitrogen and oxygen atoms in total. The minimum Gasteiger partial charge on any atom is -0.396 e. The van der Waals surface area contributed by atoms with Gasteiger partial charge in [-0.15, -0.1) is 0 Å². The van der Waals surface area contributed by atoms with Crippen LogP contribution in [0.1, 0.15) is 25.3 Å². The van der Waals surface area contributed by atoms with Gasteiger partial charge >= 0.3 is 0 Å². The number of hydrogen-bond donors (Lipinski definition) is 2. The summed E-state index contributed by atoms with van der Waals surface area (Å²) in [6, 6.07) is 7.37. The Hall–Kier alpha value is -1.32. The molecular formula is C15H20ClNO2. The first kappa shape index (κ1) is 15.7. The molecule has 0 saturated carbocycles. The summed E-state index contributed by atoms with van der Waals surface area (Å²) in [6.07, 6.45) is 4.96. The maximum Gasteiger partial charge on any atom is 0.243 e. The van der Waals surface area contributed by atoms with E-state index in [4.69, 9.17) is 16.7 Å². The number of nitrogens with one attached hydrogen (secondary N) is 1. The number of carbonyl (C=O) groups is 1. The number of carbonyl (C=O) groups excluding carboxylic acids is 1. The van der Waals surface area contributed by atoms with E-state index in [0.717, 1.165) is 18.4 Å². The molecule has 1 rings (SSSR count). The fourth-order valence-corrected chi connectivity index (χ4v) is 1.79. The predicted octanol–water partition coefficient (Wildman–Crippen LogP) is 2.88. The largest absolute Gasteiger partial charge is 0.396 e. The standard InChI is InChI=1S/C15H20ClNO2/c1-12(11-18)5-4-10-17-15(19)9-8-13-6-2-3-7-14(13)16/h2-3,6-9,12,18H,4-5,10-11H2,1H3,(H,17,19)/b9-8+. The van der Waals surface area contributed by atoms with Crippen LogP contribution in [0.3, 0.4) is 0 Å². The Bertz CT molecular complexity index is 432. The van der Waals surface area contributed by atoms with E-state index in [9.17, 15) is 4.79 Å². The van der Waals surface area contributed by atoms with Gasteiger partial charge in [-0.05, 0) is 36.5 Å². The predicted molar refractivity (Wildman–Crippen MR) is 79.0 cm³/mol. The number of aliphatic hydroxyl groups excluding tert-OH is 1. The topological polar surface area (TPSA) is 49.3 Å². The molecule has 4 heteroatoms. The molecular weight excluding hydrogens is 262 g/mol. The lowest BCUT2D eigenvalue weighted by Crippen LogP contribution is -2.22. The first-order chi connectivity index (χ1) is 9.13. The highest BCUT2D eigenvalue weighted by Crippen LogP contribution is 2.15. The lowest BCUT2D eigenvalue weighted by Gasteiger charge is -2.07. The van der Waals surface area contributed by atoms with Crippen LogP contribution in [-0.4, -0.2) is 24.2 Å². The second kappa shape index (κ2) is 8.73. The number of halogens is 1. The minimum atomic E-state index is -0.128. The molecule has 2 N–H and O–H groups in total. The maximum atomic E-state index is 11.6. The molecule has 0 saturated heterocycles. The van der Waals surface area contributed by atoms with Gasteiger partial charge in [-0.2, -0.15) is 0 Å². The SMILES string of the molecule is CC(CO)CCCNC(=O)/C=C/c1ccccc1Cl. The summed E-state index contributed by atoms with van der Waals surface area (Å²) in [5.41, 5.74) is 0.827. The Kier molecular flexibility index (Phi) is 7.23. The molecule has 0 fully saturated rings. The zero-order valence-electron chi connectivity index (χ0n) is 11.1. The van der Waals surface area contributed by atoms with Crippen molar-refractivity contribution >= 4 is 23.6 Å². The van der Waals surface area contributed by atoms with Gasteiger partial charge in [0, 0.05) is 24.3 Å². The molecule has 0 aliphatic carbocycles. The second-order valence-electron chi connectivity index (χ2n) is 4.58. The van der Waals surface area contributed by atoms with E-state index < -0.39 is 0 Å². The maximum absolute atomic E-state index is 11.6. The minimum absolute atomic E-state index is 0.128. The summed E-state index contributed by atoms with van der Waals surface area (Å²) in [7, 11) is 0. The molecule has 1 atom stereocenters. The first-order valence-electron chi connectivity index (χ1n) is 6.44. The van der Waals surface area contributed by atoms with Gasteiger partial charge < -0.3 is 10.4 Å². The molecule has 19 heavy (non-hydrogen) atoms. The van der Waals surface area contributed by atoms with Crippen LogP contribution in [-0.2, 0) is 4.79 Å². The van der Waals surface area contributed by atoms with Gasteiger partial charge in [0.25, 0.3) is 0 Å². The first-order valence-corrected chi connectivity index (χ1v) is 6.82. The molecule has 0 bridgehead atoms. The third kappa shape index (κ3) is 6.41. The number of aliphatic hydroxyl groups is 1. The third-order valence-corrected chi connectivity index (χ3v) is 3.15. The summed E-state index contributed by atoms with van der Waals surface area (Å²) in [5, 5.41) is 12.3. The zero-order chi connectivity index (χ0) is 14.1. The number of benzene rings is 1. The van der Waals surface area contributed by atoms with Crippen molar-refractivity contribution in [2.45, 2.75) is 19.8 Å². The average molecular weight is 282 g/mol. The summed E-state index contributed by atoms with van der Waals surface area (Å²) in [5.74, 6) is 0.159. The highest BCUT2D eigenvalue weighted by molar-refractivity contribution is 6.32. The fourth-order valence-electron chi connectivity index (χ4n) is 1.59. The molecule has 1 amide bonds. The van der Waals surface area contributed by atoms with Gasteiger partial charge in [0.15, 0.2) is 0 Å². The van der Waals surface area contributed by atoms with Crippen molar-refractivity contribution < 1.29 is 9.90 Å². The monoisotopic (exact) mass is 281 g/mol. The van der Waals surface area contributed by atoms with Crippen LogP contribution in [0.15, 0.2) is 30.3 Å². The molecule has 1 aromatic rings. The van der Waals surface area contributed by atoms with Crippen LogP contribution in [0.5, 0.6) is 0 Å². The van der Waals surface area contributed by atoms with Crippen molar-refractivity contribution in [2.75, 3.05) is 13.2 Å². The Morgan fingerprint density at radius 1 is 1.47 bits per heavy atom. The number of amides is 1. The lowest BCUT2D eigenvalue weighted by molar-refractivity contribution is -0.116. The van der Waals surface area contributed by atoms with Crippen molar-refractivity contribution in [3.8, 4) is 0 Å². The average Bonchev–Trinajstić information content (AvgIpc) is 2.42. The zero-order valence-corrected chi connectivity index (χ0v) is 11.9. The summed E-state index contributed by atoms with van der Waals surface area (Å²) >= 11 is 5.98. The van der Waals surface area contributed by atoms with Crippen LogP contribution in [0.25, 0.3) is 6.08 Å². The van der Waals surface area contributed by atoms with Gasteiger partial charge in [-0.25, -0.2) is 0 Å². The van der Waals surface area contributed by atoms with Gasteiger partial charge in [-0.3, -0.25) is 4.79 Å². The normalized spacial score (nSPS) is 12.6. The van der Waals surface area contributed by atoms with Gasteiger partial charge in [-0.1, -0.05) is 36.7 Å². The molecule has 0 aromatic heterocycles. The van der Waals surface area contributed by atoms with Crippen LogP contribution in [0, 0.1) is 5.92 Å². The Labute approximate surface area is 119 Å². The van der Waals surface area contributed by atoms with Crippen LogP contribution >= 0.6 is 11.6 Å². The molecule has 1 aromatic carbocycles.